The van der Waals surface area contributed by atoms with Gasteiger partial charge in [0.15, 0.2) is 0 Å². The van der Waals surface area contributed by atoms with Crippen molar-refractivity contribution in [3.8, 4) is 0 Å². The van der Waals surface area contributed by atoms with E-state index in [0.717, 1.165) is 5.56 Å². The molecule has 0 bridgehead atoms. The molecular formula is C16H14ClN3O2. The molecule has 3 rings (SSSR count). The number of ketones is 2. The number of H-pyrrole nitrogens is 1. The number of carbonyl (C=O) groups excluding carboxylic acids is 2. The first-order valence-corrected chi connectivity index (χ1v) is 7.30. The van der Waals surface area contributed by atoms with Crippen LogP contribution in [0.3, 0.4) is 0 Å². The van der Waals surface area contributed by atoms with Crippen LogP contribution >= 0.6 is 11.6 Å². The number of hydrogen-bond acceptors (Lipinski definition) is 4. The van der Waals surface area contributed by atoms with Gasteiger partial charge in [0, 0.05) is 12.1 Å². The van der Waals surface area contributed by atoms with Crippen LogP contribution in [0.15, 0.2) is 35.0 Å². The molecule has 1 aliphatic carbocycles. The van der Waals surface area contributed by atoms with E-state index in [0.29, 0.717) is 17.9 Å². The number of fused-ring (bicyclic) bond motifs is 1. The monoisotopic (exact) mass is 315 g/mol. The van der Waals surface area contributed by atoms with Gasteiger partial charge in [0.05, 0.1) is 0 Å². The van der Waals surface area contributed by atoms with Crippen molar-refractivity contribution in [3.05, 3.63) is 57.8 Å². The third-order valence-corrected chi connectivity index (χ3v) is 3.86. The van der Waals surface area contributed by atoms with Crippen LogP contribution in [0.25, 0.3) is 0 Å². The van der Waals surface area contributed by atoms with Gasteiger partial charge in [-0.05, 0) is 19.1 Å². The van der Waals surface area contributed by atoms with Crippen LogP contribution in [0.5, 0.6) is 0 Å². The molecule has 0 aliphatic heterocycles. The molecule has 1 aromatic heterocycles. The molecular weight excluding hydrogens is 302 g/mol. The van der Waals surface area contributed by atoms with Gasteiger partial charge in [0.2, 0.25) is 11.6 Å². The molecule has 6 heteroatoms. The normalized spacial score (nSPS) is 14.3. The minimum absolute atomic E-state index is 0.0668. The summed E-state index contributed by atoms with van der Waals surface area (Å²) in [4.78, 5) is 31.9. The van der Waals surface area contributed by atoms with Gasteiger partial charge in [-0.25, -0.2) is 4.98 Å². The number of carbonyl (C=O) groups is 2. The summed E-state index contributed by atoms with van der Waals surface area (Å²) >= 11 is 6.09. The highest BCUT2D eigenvalue weighted by atomic mass is 35.5. The van der Waals surface area contributed by atoms with Gasteiger partial charge < -0.3 is 10.3 Å². The molecule has 0 unspecified atom stereocenters. The lowest BCUT2D eigenvalue weighted by atomic mass is 10.0. The molecule has 0 saturated heterocycles. The van der Waals surface area contributed by atoms with Crippen molar-refractivity contribution < 1.29 is 9.59 Å². The smallest absolute Gasteiger partial charge is 0.231 e. The summed E-state index contributed by atoms with van der Waals surface area (Å²) in [5, 5.41) is 2.81. The summed E-state index contributed by atoms with van der Waals surface area (Å²) in [6.45, 7) is 3.85. The number of imidazole rings is 1. The van der Waals surface area contributed by atoms with Gasteiger partial charge in [-0.1, -0.05) is 36.2 Å². The fraction of sp³-hybridized carbons (Fsp3) is 0.188. The van der Waals surface area contributed by atoms with E-state index < -0.39 is 5.78 Å². The standard InChI is InChI=1S/C16H14ClN3O2/c1-3-10-19-13-14(20-10)16(22)12(11(17)15(13)21)18-9-6-4-8(2)5-7-9/h4-7,18H,3H2,1-2H3,(H,19,20). The third kappa shape index (κ3) is 2.33. The van der Waals surface area contributed by atoms with Gasteiger partial charge in [-0.15, -0.1) is 0 Å². The fourth-order valence-corrected chi connectivity index (χ4v) is 2.48. The number of nitrogens with zero attached hydrogens (tertiary/aromatic N) is 1. The molecule has 0 amide bonds. The Hall–Kier alpha value is -2.40. The van der Waals surface area contributed by atoms with E-state index in [2.05, 4.69) is 15.3 Å². The second kappa shape index (κ2) is 5.42. The number of rotatable bonds is 3. The lowest BCUT2D eigenvalue weighted by Crippen LogP contribution is -2.24. The number of allylic oxidation sites excluding steroid dienone is 2. The first-order chi connectivity index (χ1) is 10.5. The van der Waals surface area contributed by atoms with Crippen LogP contribution in [0, 0.1) is 6.92 Å². The van der Waals surface area contributed by atoms with Gasteiger partial charge in [-0.2, -0.15) is 0 Å². The second-order valence-electron chi connectivity index (χ2n) is 5.10. The highest BCUT2D eigenvalue weighted by Crippen LogP contribution is 2.28. The number of hydrogen-bond donors (Lipinski definition) is 2. The van der Waals surface area contributed by atoms with Crippen LogP contribution in [0.2, 0.25) is 0 Å². The summed E-state index contributed by atoms with van der Waals surface area (Å²) in [5.41, 5.74) is 2.15. The molecule has 0 atom stereocenters. The zero-order valence-corrected chi connectivity index (χ0v) is 12.9. The SMILES string of the molecule is CCc1nc2c([nH]1)C(=O)C(Cl)=C(Nc1ccc(C)cc1)C2=O. The molecule has 1 aliphatic rings. The second-order valence-corrected chi connectivity index (χ2v) is 5.48. The number of nitrogens with one attached hydrogen (secondary N) is 2. The average Bonchev–Trinajstić information content (AvgIpc) is 2.96. The fourth-order valence-electron chi connectivity index (χ4n) is 2.25. The van der Waals surface area contributed by atoms with E-state index in [1.165, 1.54) is 0 Å². The molecule has 0 radical (unpaired) electrons. The van der Waals surface area contributed by atoms with Gasteiger partial charge in [0.1, 0.15) is 27.9 Å². The maximum absolute atomic E-state index is 12.5. The van der Waals surface area contributed by atoms with Gasteiger partial charge in [0.25, 0.3) is 0 Å². The first-order valence-electron chi connectivity index (χ1n) is 6.93. The van der Waals surface area contributed by atoms with Crippen molar-refractivity contribution in [1.29, 1.82) is 0 Å². The highest BCUT2D eigenvalue weighted by molar-refractivity contribution is 6.49. The van der Waals surface area contributed by atoms with Crippen LogP contribution in [0.1, 0.15) is 39.3 Å². The maximum Gasteiger partial charge on any atom is 0.231 e. The molecule has 1 heterocycles. The number of aromatic nitrogens is 2. The van der Waals surface area contributed by atoms with Gasteiger partial charge in [-0.3, -0.25) is 9.59 Å². The average molecular weight is 316 g/mol. The van der Waals surface area contributed by atoms with Crippen molar-refractivity contribution in [1.82, 2.24) is 9.97 Å². The summed E-state index contributed by atoms with van der Waals surface area (Å²) in [6, 6.07) is 7.45. The zero-order chi connectivity index (χ0) is 15.9. The Labute approximate surface area is 132 Å². The molecule has 0 saturated carbocycles. The molecule has 22 heavy (non-hydrogen) atoms. The Kier molecular flexibility index (Phi) is 3.58. The van der Waals surface area contributed by atoms with Crippen LogP contribution in [-0.2, 0) is 6.42 Å². The number of anilines is 1. The lowest BCUT2D eigenvalue weighted by molar-refractivity contribution is 0.0977. The Bertz CT molecular complexity index is 803. The largest absolute Gasteiger partial charge is 0.351 e. The number of aryl methyl sites for hydroxylation is 2. The van der Waals surface area contributed by atoms with E-state index >= 15 is 0 Å². The Morgan fingerprint density at radius 3 is 2.50 bits per heavy atom. The highest BCUT2D eigenvalue weighted by Gasteiger charge is 2.34. The van der Waals surface area contributed by atoms with Crippen LogP contribution < -0.4 is 5.32 Å². The van der Waals surface area contributed by atoms with Gasteiger partial charge >= 0.3 is 0 Å². The minimum Gasteiger partial charge on any atom is -0.351 e. The maximum atomic E-state index is 12.5. The summed E-state index contributed by atoms with van der Waals surface area (Å²) in [5.74, 6) is -0.207. The Morgan fingerprint density at radius 1 is 1.18 bits per heavy atom. The predicted octanol–water partition coefficient (Wildman–Crippen LogP) is 3.22. The number of aromatic amines is 1. The zero-order valence-electron chi connectivity index (χ0n) is 12.2. The van der Waals surface area contributed by atoms with Crippen molar-refractivity contribution in [2.75, 3.05) is 5.32 Å². The molecule has 112 valence electrons. The molecule has 0 fully saturated rings. The summed E-state index contributed by atoms with van der Waals surface area (Å²) < 4.78 is 0. The summed E-state index contributed by atoms with van der Waals surface area (Å²) in [6.07, 6.45) is 0.603. The predicted molar refractivity (Wildman–Crippen MR) is 84.3 cm³/mol. The molecule has 2 aromatic rings. The van der Waals surface area contributed by atoms with E-state index in [-0.39, 0.29) is 27.9 Å². The minimum atomic E-state index is -0.418. The van der Waals surface area contributed by atoms with E-state index in [9.17, 15) is 9.59 Å². The topological polar surface area (TPSA) is 74.8 Å². The number of benzene rings is 1. The molecule has 2 N–H and O–H groups in total. The van der Waals surface area contributed by atoms with E-state index in [4.69, 9.17) is 11.6 Å². The van der Waals surface area contributed by atoms with Crippen molar-refractivity contribution in [2.45, 2.75) is 20.3 Å². The summed E-state index contributed by atoms with van der Waals surface area (Å²) in [7, 11) is 0. The van der Waals surface area contributed by atoms with Crippen molar-refractivity contribution in [2.24, 2.45) is 0 Å². The first kappa shape index (κ1) is 14.5. The Morgan fingerprint density at radius 2 is 1.86 bits per heavy atom. The quantitative estimate of drug-likeness (QED) is 0.912. The number of halogens is 1. The molecule has 1 aromatic carbocycles. The third-order valence-electron chi connectivity index (χ3n) is 3.50. The van der Waals surface area contributed by atoms with E-state index in [1.807, 2.05) is 38.1 Å². The van der Waals surface area contributed by atoms with Crippen molar-refractivity contribution >= 4 is 28.9 Å². The molecule has 0 spiro atoms. The van der Waals surface area contributed by atoms with Crippen molar-refractivity contribution in [3.63, 3.8) is 0 Å². The lowest BCUT2D eigenvalue weighted by Gasteiger charge is -2.15. The van der Waals surface area contributed by atoms with Crippen LogP contribution in [-0.4, -0.2) is 21.5 Å². The Balaban J connectivity index is 2.00. The van der Waals surface area contributed by atoms with E-state index in [1.54, 1.807) is 0 Å². The number of Topliss-reactive ketones (excluding diaryl/α,β-unsaturated/α-hetero) is 2. The van der Waals surface area contributed by atoms with Crippen LogP contribution in [0.4, 0.5) is 5.69 Å². The molecule has 5 nitrogen and oxygen atoms in total.